The summed E-state index contributed by atoms with van der Waals surface area (Å²) >= 11 is 0. The molecule has 2 N–H and O–H groups in total. The first-order chi connectivity index (χ1) is 9.41. The molecule has 0 unspecified atom stereocenters. The number of aromatic nitrogens is 2. The highest BCUT2D eigenvalue weighted by molar-refractivity contribution is 5.56. The SMILES string of the molecule is CC(C)c1ccccc1Oc1c(N)c(C(C)C)nn1C. The van der Waals surface area contributed by atoms with E-state index in [1.807, 2.05) is 25.2 Å². The van der Waals surface area contributed by atoms with E-state index in [-0.39, 0.29) is 5.92 Å². The molecular weight excluding hydrogens is 250 g/mol. The zero-order chi connectivity index (χ0) is 14.9. The van der Waals surface area contributed by atoms with Crippen molar-refractivity contribution in [1.29, 1.82) is 0 Å². The van der Waals surface area contributed by atoms with Gasteiger partial charge in [-0.2, -0.15) is 5.10 Å². The molecule has 20 heavy (non-hydrogen) atoms. The first-order valence-electron chi connectivity index (χ1n) is 7.01. The van der Waals surface area contributed by atoms with Crippen LogP contribution in [0.25, 0.3) is 0 Å². The van der Waals surface area contributed by atoms with Gasteiger partial charge in [-0.25, -0.2) is 4.68 Å². The largest absolute Gasteiger partial charge is 0.437 e. The topological polar surface area (TPSA) is 53.1 Å². The van der Waals surface area contributed by atoms with Gasteiger partial charge in [0.25, 0.3) is 0 Å². The summed E-state index contributed by atoms with van der Waals surface area (Å²) in [5.74, 6) is 2.12. The fraction of sp³-hybridized carbons (Fsp3) is 0.438. The number of rotatable bonds is 4. The number of benzene rings is 1. The van der Waals surface area contributed by atoms with E-state index in [4.69, 9.17) is 10.5 Å². The molecule has 1 heterocycles. The van der Waals surface area contributed by atoms with Gasteiger partial charge in [0, 0.05) is 7.05 Å². The van der Waals surface area contributed by atoms with Gasteiger partial charge in [0.1, 0.15) is 11.4 Å². The highest BCUT2D eigenvalue weighted by Crippen LogP contribution is 2.35. The van der Waals surface area contributed by atoms with E-state index in [0.717, 1.165) is 11.4 Å². The molecule has 2 aromatic rings. The highest BCUT2D eigenvalue weighted by Gasteiger charge is 2.19. The van der Waals surface area contributed by atoms with Crippen LogP contribution < -0.4 is 10.5 Å². The van der Waals surface area contributed by atoms with Crippen LogP contribution in [0.1, 0.15) is 50.8 Å². The minimum Gasteiger partial charge on any atom is -0.437 e. The molecule has 2 rings (SSSR count). The number of nitrogen functional groups attached to an aromatic ring is 1. The van der Waals surface area contributed by atoms with Gasteiger partial charge in [0.05, 0.1) is 5.69 Å². The van der Waals surface area contributed by atoms with E-state index >= 15 is 0 Å². The number of nitrogens with zero attached hydrogens (tertiary/aromatic N) is 2. The molecule has 0 fully saturated rings. The summed E-state index contributed by atoms with van der Waals surface area (Å²) in [7, 11) is 1.86. The fourth-order valence-electron chi connectivity index (χ4n) is 2.25. The van der Waals surface area contributed by atoms with E-state index in [1.54, 1.807) is 4.68 Å². The summed E-state index contributed by atoms with van der Waals surface area (Å²) in [5, 5.41) is 4.45. The molecule has 0 radical (unpaired) electrons. The zero-order valence-corrected chi connectivity index (χ0v) is 12.8. The third kappa shape index (κ3) is 2.64. The maximum Gasteiger partial charge on any atom is 0.241 e. The van der Waals surface area contributed by atoms with Crippen LogP contribution in [-0.4, -0.2) is 9.78 Å². The molecule has 0 atom stereocenters. The lowest BCUT2D eigenvalue weighted by Crippen LogP contribution is -2.00. The lowest BCUT2D eigenvalue weighted by molar-refractivity contribution is 0.425. The number of anilines is 1. The molecule has 108 valence electrons. The minimum atomic E-state index is 0.277. The number of hydrogen-bond donors (Lipinski definition) is 1. The molecule has 0 spiro atoms. The summed E-state index contributed by atoms with van der Waals surface area (Å²) in [6.45, 7) is 8.44. The molecule has 0 aliphatic heterocycles. The number of ether oxygens (including phenoxy) is 1. The average molecular weight is 273 g/mol. The molecule has 0 saturated heterocycles. The summed E-state index contributed by atoms with van der Waals surface area (Å²) in [5.41, 5.74) is 8.84. The van der Waals surface area contributed by atoms with Gasteiger partial charge in [-0.1, -0.05) is 45.9 Å². The van der Waals surface area contributed by atoms with Gasteiger partial charge in [-0.3, -0.25) is 0 Å². The fourth-order valence-corrected chi connectivity index (χ4v) is 2.25. The van der Waals surface area contributed by atoms with Crippen molar-refractivity contribution in [2.45, 2.75) is 39.5 Å². The minimum absolute atomic E-state index is 0.277. The molecule has 0 bridgehead atoms. The van der Waals surface area contributed by atoms with Crippen molar-refractivity contribution in [3.05, 3.63) is 35.5 Å². The van der Waals surface area contributed by atoms with Crippen LogP contribution >= 0.6 is 0 Å². The van der Waals surface area contributed by atoms with Crippen molar-refractivity contribution in [3.8, 4) is 11.6 Å². The van der Waals surface area contributed by atoms with Crippen molar-refractivity contribution in [1.82, 2.24) is 9.78 Å². The van der Waals surface area contributed by atoms with Gasteiger partial charge in [0.2, 0.25) is 5.88 Å². The Hall–Kier alpha value is -1.97. The van der Waals surface area contributed by atoms with E-state index in [9.17, 15) is 0 Å². The monoisotopic (exact) mass is 273 g/mol. The first kappa shape index (κ1) is 14.4. The van der Waals surface area contributed by atoms with Crippen molar-refractivity contribution in [2.24, 2.45) is 7.05 Å². The zero-order valence-electron chi connectivity index (χ0n) is 12.8. The summed E-state index contributed by atoms with van der Waals surface area (Å²) in [6, 6.07) is 8.04. The Labute approximate surface area is 120 Å². The van der Waals surface area contributed by atoms with Crippen LogP contribution in [0.4, 0.5) is 5.69 Å². The number of hydrogen-bond acceptors (Lipinski definition) is 3. The van der Waals surface area contributed by atoms with Crippen LogP contribution in [0.3, 0.4) is 0 Å². The second-order valence-corrected chi connectivity index (χ2v) is 5.68. The van der Waals surface area contributed by atoms with Crippen LogP contribution in [0.15, 0.2) is 24.3 Å². The van der Waals surface area contributed by atoms with Crippen LogP contribution in [0.5, 0.6) is 11.6 Å². The molecule has 1 aromatic carbocycles. The molecule has 0 aliphatic rings. The Morgan fingerprint density at radius 1 is 1.10 bits per heavy atom. The number of nitrogens with two attached hydrogens (primary N) is 1. The lowest BCUT2D eigenvalue weighted by atomic mass is 10.0. The predicted molar refractivity (Wildman–Crippen MR) is 82.3 cm³/mol. The average Bonchev–Trinajstić information content (AvgIpc) is 2.67. The van der Waals surface area contributed by atoms with Crippen molar-refractivity contribution in [2.75, 3.05) is 5.73 Å². The summed E-state index contributed by atoms with van der Waals surface area (Å²) < 4.78 is 7.75. The van der Waals surface area contributed by atoms with Gasteiger partial charge in [-0.15, -0.1) is 0 Å². The molecule has 4 nitrogen and oxygen atoms in total. The maximum atomic E-state index is 6.17. The second kappa shape index (κ2) is 5.57. The molecule has 0 amide bonds. The number of aryl methyl sites for hydroxylation is 1. The molecular formula is C16H23N3O. The molecule has 0 aliphatic carbocycles. The molecule has 4 heteroatoms. The number of para-hydroxylation sites is 1. The Morgan fingerprint density at radius 2 is 1.75 bits per heavy atom. The van der Waals surface area contributed by atoms with E-state index in [0.29, 0.717) is 17.5 Å². The maximum absolute atomic E-state index is 6.17. The standard InChI is InChI=1S/C16H23N3O/c1-10(2)12-8-6-7-9-13(12)20-16-14(17)15(11(3)4)18-19(16)5/h6-11H,17H2,1-5H3. The van der Waals surface area contributed by atoms with Crippen LogP contribution in [-0.2, 0) is 7.05 Å². The van der Waals surface area contributed by atoms with Crippen LogP contribution in [0, 0.1) is 0 Å². The third-order valence-corrected chi connectivity index (χ3v) is 3.35. The van der Waals surface area contributed by atoms with Gasteiger partial charge in [-0.05, 0) is 23.5 Å². The Balaban J connectivity index is 2.41. The normalized spacial score (nSPS) is 11.3. The highest BCUT2D eigenvalue weighted by atomic mass is 16.5. The van der Waals surface area contributed by atoms with E-state index in [1.165, 1.54) is 5.56 Å². The Morgan fingerprint density at radius 3 is 2.30 bits per heavy atom. The Kier molecular flexibility index (Phi) is 4.02. The molecule has 0 saturated carbocycles. The predicted octanol–water partition coefficient (Wildman–Crippen LogP) is 4.04. The smallest absolute Gasteiger partial charge is 0.241 e. The van der Waals surface area contributed by atoms with Crippen molar-refractivity contribution >= 4 is 5.69 Å². The summed E-state index contributed by atoms with van der Waals surface area (Å²) in [4.78, 5) is 0. The van der Waals surface area contributed by atoms with E-state index < -0.39 is 0 Å². The molecule has 1 aromatic heterocycles. The third-order valence-electron chi connectivity index (χ3n) is 3.35. The Bertz CT molecular complexity index is 600. The quantitative estimate of drug-likeness (QED) is 0.914. The van der Waals surface area contributed by atoms with Crippen molar-refractivity contribution < 1.29 is 4.74 Å². The van der Waals surface area contributed by atoms with Crippen molar-refractivity contribution in [3.63, 3.8) is 0 Å². The van der Waals surface area contributed by atoms with Gasteiger partial charge < -0.3 is 10.5 Å². The van der Waals surface area contributed by atoms with Gasteiger partial charge in [0.15, 0.2) is 0 Å². The first-order valence-corrected chi connectivity index (χ1v) is 7.01. The summed E-state index contributed by atoms with van der Waals surface area (Å²) in [6.07, 6.45) is 0. The lowest BCUT2D eigenvalue weighted by Gasteiger charge is -2.13. The van der Waals surface area contributed by atoms with E-state index in [2.05, 4.69) is 38.9 Å². The second-order valence-electron chi connectivity index (χ2n) is 5.68. The van der Waals surface area contributed by atoms with Crippen LogP contribution in [0.2, 0.25) is 0 Å². The van der Waals surface area contributed by atoms with Gasteiger partial charge >= 0.3 is 0 Å².